The van der Waals surface area contributed by atoms with E-state index in [1.807, 2.05) is 42.5 Å². The molecule has 6 nitrogen and oxygen atoms in total. The predicted molar refractivity (Wildman–Crippen MR) is 125 cm³/mol. The Labute approximate surface area is 194 Å². The van der Waals surface area contributed by atoms with Crippen molar-refractivity contribution >= 4 is 17.6 Å². The molecule has 0 bridgehead atoms. The fourth-order valence-corrected chi connectivity index (χ4v) is 4.73. The van der Waals surface area contributed by atoms with Crippen LogP contribution in [-0.2, 0) is 16.0 Å². The van der Waals surface area contributed by atoms with Crippen molar-refractivity contribution in [2.24, 2.45) is 5.92 Å². The molecule has 1 heterocycles. The highest BCUT2D eigenvalue weighted by atomic mass is 16.3. The number of hydrogen-bond acceptors (Lipinski definition) is 4. The molecule has 2 saturated carbocycles. The van der Waals surface area contributed by atoms with Gasteiger partial charge in [-0.2, -0.15) is 0 Å². The number of nitrogens with zero attached hydrogens (tertiary/aromatic N) is 2. The van der Waals surface area contributed by atoms with Gasteiger partial charge in [-0.1, -0.05) is 36.4 Å². The zero-order valence-corrected chi connectivity index (χ0v) is 18.8. The summed E-state index contributed by atoms with van der Waals surface area (Å²) in [4.78, 5) is 41.1. The number of piperazine rings is 1. The summed E-state index contributed by atoms with van der Waals surface area (Å²) in [7, 11) is 0. The zero-order chi connectivity index (χ0) is 23.0. The second-order valence-corrected chi connectivity index (χ2v) is 9.66. The van der Waals surface area contributed by atoms with E-state index >= 15 is 0 Å². The van der Waals surface area contributed by atoms with Crippen LogP contribution in [0.3, 0.4) is 0 Å². The second-order valence-electron chi connectivity index (χ2n) is 9.66. The summed E-state index contributed by atoms with van der Waals surface area (Å²) >= 11 is 0. The van der Waals surface area contributed by atoms with Crippen LogP contribution in [0, 0.1) is 5.92 Å². The van der Waals surface area contributed by atoms with Crippen molar-refractivity contribution in [1.29, 1.82) is 0 Å². The molecule has 0 unspecified atom stereocenters. The first kappa shape index (κ1) is 21.8. The molecule has 0 aromatic heterocycles. The number of rotatable bonds is 6. The molecule has 3 fully saturated rings. The van der Waals surface area contributed by atoms with Crippen molar-refractivity contribution in [3.63, 3.8) is 0 Å². The fraction of sp³-hybridized carbons (Fsp3) is 0.444. The van der Waals surface area contributed by atoms with E-state index in [1.54, 1.807) is 9.80 Å². The average Bonchev–Trinajstić information content (AvgIpc) is 3.68. The lowest BCUT2D eigenvalue weighted by atomic mass is 9.79. The van der Waals surface area contributed by atoms with Gasteiger partial charge in [0.1, 0.15) is 11.4 Å². The number of hydrogen-bond donors (Lipinski definition) is 1. The van der Waals surface area contributed by atoms with E-state index in [0.717, 1.165) is 36.0 Å². The first-order valence-corrected chi connectivity index (χ1v) is 12.0. The number of carbonyl (C=O) groups is 3. The van der Waals surface area contributed by atoms with Crippen LogP contribution in [0.2, 0.25) is 0 Å². The lowest BCUT2D eigenvalue weighted by Gasteiger charge is -2.42. The molecular formula is C27H30N2O4. The topological polar surface area (TPSA) is 77.9 Å². The number of ketones is 1. The van der Waals surface area contributed by atoms with E-state index in [0.29, 0.717) is 56.8 Å². The summed E-state index contributed by atoms with van der Waals surface area (Å²) in [5, 5.41) is 10.3. The molecule has 1 aliphatic heterocycles. The second kappa shape index (κ2) is 8.75. The molecule has 6 heteroatoms. The monoisotopic (exact) mass is 446 g/mol. The number of benzene rings is 2. The van der Waals surface area contributed by atoms with Crippen molar-refractivity contribution < 1.29 is 19.5 Å². The molecule has 2 aliphatic carbocycles. The van der Waals surface area contributed by atoms with E-state index in [9.17, 15) is 19.5 Å². The standard InChI is InChI=1S/C27H30N2O4/c30-24(21-7-8-21)18-19-3-1-4-23(17-19)20-5-9-22(10-6-20)25(31)28-13-15-29(16-14-28)26(32)27(33)11-2-12-27/h1,3-6,9-10,17,21,33H,2,7-8,11-16,18H2. The van der Waals surface area contributed by atoms with Gasteiger partial charge in [-0.15, -0.1) is 0 Å². The molecule has 1 saturated heterocycles. The molecule has 0 atom stereocenters. The third-order valence-corrected chi connectivity index (χ3v) is 7.24. The maximum absolute atomic E-state index is 13.0. The third kappa shape index (κ3) is 4.58. The highest BCUT2D eigenvalue weighted by Crippen LogP contribution is 2.34. The first-order valence-electron chi connectivity index (χ1n) is 12.0. The van der Waals surface area contributed by atoms with Crippen molar-refractivity contribution in [3.8, 4) is 11.1 Å². The molecular weight excluding hydrogens is 416 g/mol. The molecule has 2 aromatic rings. The molecule has 3 aliphatic rings. The Morgan fingerprint density at radius 2 is 1.55 bits per heavy atom. The van der Waals surface area contributed by atoms with Crippen molar-refractivity contribution in [1.82, 2.24) is 9.80 Å². The number of Topliss-reactive ketones (excluding diaryl/α,β-unsaturated/α-hetero) is 1. The van der Waals surface area contributed by atoms with Gasteiger partial charge < -0.3 is 14.9 Å². The Kier molecular flexibility index (Phi) is 5.79. The number of aliphatic hydroxyl groups is 1. The van der Waals surface area contributed by atoms with Crippen LogP contribution in [0.1, 0.15) is 48.0 Å². The fourth-order valence-electron chi connectivity index (χ4n) is 4.73. The minimum atomic E-state index is -1.18. The van der Waals surface area contributed by atoms with Gasteiger partial charge in [0.2, 0.25) is 0 Å². The van der Waals surface area contributed by atoms with Crippen molar-refractivity contribution in [3.05, 3.63) is 59.7 Å². The Morgan fingerprint density at radius 3 is 2.15 bits per heavy atom. The van der Waals surface area contributed by atoms with Gasteiger partial charge in [-0.25, -0.2) is 0 Å². The van der Waals surface area contributed by atoms with Crippen LogP contribution in [-0.4, -0.2) is 64.3 Å². The minimum Gasteiger partial charge on any atom is -0.380 e. The maximum atomic E-state index is 13.0. The summed E-state index contributed by atoms with van der Waals surface area (Å²) in [6.07, 6.45) is 4.51. The SMILES string of the molecule is O=C(Cc1cccc(-c2ccc(C(=O)N3CCN(C(=O)C4(O)CCC4)CC3)cc2)c1)C1CC1. The highest BCUT2D eigenvalue weighted by molar-refractivity contribution is 5.95. The van der Waals surface area contributed by atoms with Gasteiger partial charge >= 0.3 is 0 Å². The summed E-state index contributed by atoms with van der Waals surface area (Å²) in [5.41, 5.74) is 2.53. The Balaban J connectivity index is 1.20. The van der Waals surface area contributed by atoms with Crippen LogP contribution in [0.25, 0.3) is 11.1 Å². The smallest absolute Gasteiger partial charge is 0.254 e. The average molecular weight is 447 g/mol. The molecule has 0 radical (unpaired) electrons. The summed E-state index contributed by atoms with van der Waals surface area (Å²) < 4.78 is 0. The highest BCUT2D eigenvalue weighted by Gasteiger charge is 2.45. The lowest BCUT2D eigenvalue weighted by Crippen LogP contribution is -2.58. The van der Waals surface area contributed by atoms with Crippen LogP contribution in [0.5, 0.6) is 0 Å². The van der Waals surface area contributed by atoms with Gasteiger partial charge in [0.05, 0.1) is 0 Å². The number of carbonyl (C=O) groups excluding carboxylic acids is 3. The van der Waals surface area contributed by atoms with Gasteiger partial charge in [-0.3, -0.25) is 14.4 Å². The van der Waals surface area contributed by atoms with Crippen molar-refractivity contribution in [2.45, 2.75) is 44.1 Å². The van der Waals surface area contributed by atoms with E-state index in [2.05, 4.69) is 6.07 Å². The van der Waals surface area contributed by atoms with Crippen LogP contribution < -0.4 is 0 Å². The van der Waals surface area contributed by atoms with Gasteiger partial charge in [0.25, 0.3) is 11.8 Å². The first-order chi connectivity index (χ1) is 15.9. The Morgan fingerprint density at radius 1 is 0.879 bits per heavy atom. The molecule has 5 rings (SSSR count). The molecule has 2 aromatic carbocycles. The predicted octanol–water partition coefficient (Wildman–Crippen LogP) is 3.07. The molecule has 1 N–H and O–H groups in total. The van der Waals surface area contributed by atoms with Gasteiger partial charge in [0, 0.05) is 44.1 Å². The van der Waals surface area contributed by atoms with Crippen molar-refractivity contribution in [2.75, 3.05) is 26.2 Å². The maximum Gasteiger partial charge on any atom is 0.254 e. The van der Waals surface area contributed by atoms with E-state index in [-0.39, 0.29) is 17.7 Å². The van der Waals surface area contributed by atoms with Crippen LogP contribution >= 0.6 is 0 Å². The molecule has 33 heavy (non-hydrogen) atoms. The normalized spacial score (nSPS) is 19.7. The minimum absolute atomic E-state index is 0.0419. The summed E-state index contributed by atoms with van der Waals surface area (Å²) in [5.74, 6) is 0.365. The van der Waals surface area contributed by atoms with E-state index < -0.39 is 5.60 Å². The lowest BCUT2D eigenvalue weighted by molar-refractivity contribution is -0.161. The third-order valence-electron chi connectivity index (χ3n) is 7.24. The summed E-state index contributed by atoms with van der Waals surface area (Å²) in [6, 6.07) is 15.6. The van der Waals surface area contributed by atoms with E-state index in [4.69, 9.17) is 0 Å². The van der Waals surface area contributed by atoms with Gasteiger partial charge in [0.15, 0.2) is 0 Å². The largest absolute Gasteiger partial charge is 0.380 e. The van der Waals surface area contributed by atoms with Gasteiger partial charge in [-0.05, 0) is 60.9 Å². The molecule has 2 amide bonds. The van der Waals surface area contributed by atoms with Crippen LogP contribution in [0.4, 0.5) is 0 Å². The van der Waals surface area contributed by atoms with E-state index in [1.165, 1.54) is 0 Å². The summed E-state index contributed by atoms with van der Waals surface area (Å²) in [6.45, 7) is 1.85. The van der Waals surface area contributed by atoms with Crippen LogP contribution in [0.15, 0.2) is 48.5 Å². The zero-order valence-electron chi connectivity index (χ0n) is 18.8. The Hall–Kier alpha value is -2.99. The molecule has 0 spiro atoms. The Bertz CT molecular complexity index is 1060. The number of amides is 2. The molecule has 172 valence electrons. The quantitative estimate of drug-likeness (QED) is 0.740.